The zero-order valence-electron chi connectivity index (χ0n) is 9.04. The van der Waals surface area contributed by atoms with Gasteiger partial charge in [-0.15, -0.1) is 0 Å². The molecule has 2 atom stereocenters. The van der Waals surface area contributed by atoms with Crippen molar-refractivity contribution in [3.63, 3.8) is 0 Å². The number of hydrogen-bond acceptors (Lipinski definition) is 2. The normalized spacial score (nSPS) is 39.2. The molecule has 0 aromatic rings. The molecule has 0 spiro atoms. The van der Waals surface area contributed by atoms with Gasteiger partial charge in [0, 0.05) is 19.1 Å². The maximum atomic E-state index is 5.69. The van der Waals surface area contributed by atoms with E-state index in [1.54, 1.807) is 0 Å². The van der Waals surface area contributed by atoms with E-state index in [0.717, 1.165) is 18.5 Å². The van der Waals surface area contributed by atoms with Crippen LogP contribution in [0.2, 0.25) is 0 Å². The van der Waals surface area contributed by atoms with Crippen LogP contribution >= 0.6 is 0 Å². The Hall–Kier alpha value is -0.0800. The summed E-state index contributed by atoms with van der Waals surface area (Å²) >= 11 is 0. The number of piperidine rings is 1. The Bertz CT molecular complexity index is 222. The van der Waals surface area contributed by atoms with E-state index in [2.05, 4.69) is 4.90 Å². The molecule has 2 unspecified atom stereocenters. The second-order valence-electron chi connectivity index (χ2n) is 5.80. The molecule has 3 aliphatic rings. The van der Waals surface area contributed by atoms with Gasteiger partial charge in [-0.05, 0) is 56.4 Å². The minimum absolute atomic E-state index is 0.666. The van der Waals surface area contributed by atoms with Crippen molar-refractivity contribution in [1.29, 1.82) is 0 Å². The quantitative estimate of drug-likeness (QED) is 0.736. The first-order chi connectivity index (χ1) is 6.81. The molecule has 0 aromatic carbocycles. The van der Waals surface area contributed by atoms with Crippen LogP contribution in [-0.4, -0.2) is 30.6 Å². The average molecular weight is 194 g/mol. The third-order valence-corrected chi connectivity index (χ3v) is 4.69. The molecule has 14 heavy (non-hydrogen) atoms. The molecule has 80 valence electrons. The smallest absolute Gasteiger partial charge is 0.00988 e. The Morgan fingerprint density at radius 2 is 2.14 bits per heavy atom. The molecule has 1 saturated heterocycles. The minimum Gasteiger partial charge on any atom is -0.330 e. The van der Waals surface area contributed by atoms with Crippen LogP contribution in [0.4, 0.5) is 0 Å². The van der Waals surface area contributed by atoms with Crippen molar-refractivity contribution in [2.24, 2.45) is 17.1 Å². The topological polar surface area (TPSA) is 29.3 Å². The third kappa shape index (κ3) is 1.49. The Morgan fingerprint density at radius 1 is 1.29 bits per heavy atom. The van der Waals surface area contributed by atoms with Gasteiger partial charge in [-0.3, -0.25) is 4.90 Å². The lowest BCUT2D eigenvalue weighted by atomic mass is 10.0. The zero-order chi connectivity index (χ0) is 9.60. The van der Waals surface area contributed by atoms with E-state index in [0.29, 0.717) is 5.41 Å². The summed E-state index contributed by atoms with van der Waals surface area (Å²) in [6, 6.07) is 0.954. The summed E-state index contributed by atoms with van der Waals surface area (Å²) in [6.45, 7) is 3.66. The molecule has 2 nitrogen and oxygen atoms in total. The number of fused-ring (bicyclic) bond motifs is 2. The monoisotopic (exact) mass is 194 g/mol. The fourth-order valence-electron chi connectivity index (χ4n) is 3.62. The van der Waals surface area contributed by atoms with Gasteiger partial charge in [-0.1, -0.05) is 0 Å². The highest BCUT2D eigenvalue weighted by Crippen LogP contribution is 2.51. The fourth-order valence-corrected chi connectivity index (χ4v) is 3.62. The van der Waals surface area contributed by atoms with Gasteiger partial charge in [0.2, 0.25) is 0 Å². The number of likely N-dealkylation sites (tertiary alicyclic amines) is 1. The fraction of sp³-hybridized carbons (Fsp3) is 1.00. The Labute approximate surface area is 86.8 Å². The Balaban J connectivity index is 1.58. The summed E-state index contributed by atoms with van der Waals surface area (Å²) in [5, 5.41) is 0. The number of rotatable bonds is 4. The molecule has 1 heterocycles. The van der Waals surface area contributed by atoms with Crippen LogP contribution in [0.25, 0.3) is 0 Å². The lowest BCUT2D eigenvalue weighted by Gasteiger charge is -2.30. The zero-order valence-corrected chi connectivity index (χ0v) is 9.04. The molecule has 2 N–H and O–H groups in total. The molecule has 2 saturated carbocycles. The number of hydrogen-bond donors (Lipinski definition) is 1. The van der Waals surface area contributed by atoms with Gasteiger partial charge in [0.1, 0.15) is 0 Å². The van der Waals surface area contributed by atoms with Crippen LogP contribution in [-0.2, 0) is 0 Å². The summed E-state index contributed by atoms with van der Waals surface area (Å²) in [6.07, 6.45) is 8.63. The van der Waals surface area contributed by atoms with Gasteiger partial charge < -0.3 is 5.73 Å². The molecule has 1 aliphatic heterocycles. The predicted octanol–water partition coefficient (Wildman–Crippen LogP) is 1.60. The molecule has 2 bridgehead atoms. The highest BCUT2D eigenvalue weighted by Gasteiger charge is 2.47. The van der Waals surface area contributed by atoms with Gasteiger partial charge in [0.15, 0.2) is 0 Å². The van der Waals surface area contributed by atoms with E-state index in [1.807, 2.05) is 0 Å². The van der Waals surface area contributed by atoms with Crippen LogP contribution in [0.3, 0.4) is 0 Å². The number of nitrogens with two attached hydrogens (primary N) is 1. The summed E-state index contributed by atoms with van der Waals surface area (Å²) in [4.78, 5) is 2.77. The van der Waals surface area contributed by atoms with Crippen molar-refractivity contribution >= 4 is 0 Å². The highest BCUT2D eigenvalue weighted by atomic mass is 15.2. The molecular weight excluding hydrogens is 172 g/mol. The van der Waals surface area contributed by atoms with Gasteiger partial charge in [-0.2, -0.15) is 0 Å². The van der Waals surface area contributed by atoms with Crippen LogP contribution in [0.15, 0.2) is 0 Å². The first-order valence-corrected chi connectivity index (χ1v) is 6.25. The molecule has 3 rings (SSSR count). The van der Waals surface area contributed by atoms with Crippen molar-refractivity contribution in [2.45, 2.75) is 44.6 Å². The summed E-state index contributed by atoms with van der Waals surface area (Å²) in [7, 11) is 0. The number of nitrogens with zero attached hydrogens (tertiary/aromatic N) is 1. The van der Waals surface area contributed by atoms with Crippen LogP contribution in [0.1, 0.15) is 38.5 Å². The Morgan fingerprint density at radius 3 is 2.64 bits per heavy atom. The maximum absolute atomic E-state index is 5.69. The largest absolute Gasteiger partial charge is 0.330 e. The third-order valence-electron chi connectivity index (χ3n) is 4.69. The van der Waals surface area contributed by atoms with E-state index in [4.69, 9.17) is 5.73 Å². The lowest BCUT2D eigenvalue weighted by molar-refractivity contribution is 0.169. The van der Waals surface area contributed by atoms with Gasteiger partial charge >= 0.3 is 0 Å². The molecule has 0 aromatic heterocycles. The molecule has 2 heteroatoms. The molecular formula is C12H22N2. The predicted molar refractivity (Wildman–Crippen MR) is 58.0 cm³/mol. The Kier molecular flexibility index (Phi) is 2.10. The van der Waals surface area contributed by atoms with Gasteiger partial charge in [0.05, 0.1) is 0 Å². The van der Waals surface area contributed by atoms with E-state index in [-0.39, 0.29) is 0 Å². The maximum Gasteiger partial charge on any atom is 0.00988 e. The standard InChI is InChI=1S/C12H22N2/c13-6-5-12(3-4-12)9-14-8-10-1-2-11(14)7-10/h10-11H,1-9,13H2. The van der Waals surface area contributed by atoms with Crippen molar-refractivity contribution in [3.8, 4) is 0 Å². The second kappa shape index (κ2) is 3.21. The summed E-state index contributed by atoms with van der Waals surface area (Å²) < 4.78 is 0. The SMILES string of the molecule is NCCC1(CN2CC3CCC2C3)CC1. The minimum atomic E-state index is 0.666. The summed E-state index contributed by atoms with van der Waals surface area (Å²) in [5.74, 6) is 1.05. The van der Waals surface area contributed by atoms with Crippen molar-refractivity contribution in [3.05, 3.63) is 0 Å². The molecule has 2 aliphatic carbocycles. The first-order valence-electron chi connectivity index (χ1n) is 6.25. The van der Waals surface area contributed by atoms with Crippen LogP contribution < -0.4 is 5.73 Å². The second-order valence-corrected chi connectivity index (χ2v) is 5.80. The van der Waals surface area contributed by atoms with E-state index < -0.39 is 0 Å². The van der Waals surface area contributed by atoms with Gasteiger partial charge in [0.25, 0.3) is 0 Å². The molecule has 3 fully saturated rings. The van der Waals surface area contributed by atoms with Crippen LogP contribution in [0.5, 0.6) is 0 Å². The van der Waals surface area contributed by atoms with E-state index >= 15 is 0 Å². The lowest BCUT2D eigenvalue weighted by Crippen LogP contribution is -2.37. The molecule has 0 amide bonds. The van der Waals surface area contributed by atoms with Crippen molar-refractivity contribution < 1.29 is 0 Å². The van der Waals surface area contributed by atoms with Gasteiger partial charge in [-0.25, -0.2) is 0 Å². The summed E-state index contributed by atoms with van der Waals surface area (Å²) in [5.41, 5.74) is 6.35. The average Bonchev–Trinajstić information content (AvgIpc) is 2.63. The first kappa shape index (κ1) is 9.17. The van der Waals surface area contributed by atoms with Crippen molar-refractivity contribution in [2.75, 3.05) is 19.6 Å². The van der Waals surface area contributed by atoms with E-state index in [1.165, 1.54) is 51.6 Å². The molecule has 0 radical (unpaired) electrons. The highest BCUT2D eigenvalue weighted by molar-refractivity contribution is 5.00. The van der Waals surface area contributed by atoms with Crippen LogP contribution in [0, 0.1) is 11.3 Å². The van der Waals surface area contributed by atoms with E-state index in [9.17, 15) is 0 Å². The van der Waals surface area contributed by atoms with Crippen molar-refractivity contribution in [1.82, 2.24) is 4.90 Å².